The second-order valence-electron chi connectivity index (χ2n) is 7.60. The molecule has 0 fully saturated rings. The molecule has 2 heterocycles. The van der Waals surface area contributed by atoms with Gasteiger partial charge in [-0.2, -0.15) is 0 Å². The van der Waals surface area contributed by atoms with Crippen LogP contribution in [0.2, 0.25) is 0 Å². The molecule has 0 amide bonds. The number of ether oxygens (including phenoxy) is 2. The standard InChI is InChI=1S/C25H34N4O4/c1-3-5-7-9-17-32-24(30)21(25(31)33-18-10-8-6-4-2)19-28-22-13-16-27-23(29-22)20-11-14-26-15-12-20/h11-16,19H,3-10,17-18H2,1-2H3,(H,27,28,29). The molecule has 2 rings (SSSR count). The van der Waals surface area contributed by atoms with Crippen LogP contribution in [0.4, 0.5) is 5.82 Å². The minimum atomic E-state index is -0.707. The maximum Gasteiger partial charge on any atom is 0.347 e. The minimum absolute atomic E-state index is 0.190. The number of aromatic nitrogens is 3. The van der Waals surface area contributed by atoms with Gasteiger partial charge in [0.05, 0.1) is 13.2 Å². The number of pyridine rings is 1. The predicted molar refractivity (Wildman–Crippen MR) is 127 cm³/mol. The molecule has 2 aromatic heterocycles. The second kappa shape index (κ2) is 15.5. The zero-order valence-corrected chi connectivity index (χ0v) is 19.6. The van der Waals surface area contributed by atoms with Crippen LogP contribution in [0.25, 0.3) is 11.4 Å². The van der Waals surface area contributed by atoms with Gasteiger partial charge < -0.3 is 14.8 Å². The number of esters is 2. The summed E-state index contributed by atoms with van der Waals surface area (Å²) < 4.78 is 10.6. The van der Waals surface area contributed by atoms with E-state index < -0.39 is 11.9 Å². The molecule has 0 aliphatic carbocycles. The van der Waals surface area contributed by atoms with Crippen molar-refractivity contribution in [2.45, 2.75) is 65.2 Å². The summed E-state index contributed by atoms with van der Waals surface area (Å²) in [7, 11) is 0. The van der Waals surface area contributed by atoms with E-state index in [1.165, 1.54) is 6.20 Å². The van der Waals surface area contributed by atoms with Crippen molar-refractivity contribution >= 4 is 17.8 Å². The van der Waals surface area contributed by atoms with Gasteiger partial charge in [0.25, 0.3) is 0 Å². The Balaban J connectivity index is 2.06. The first kappa shape index (κ1) is 26.0. The average molecular weight is 455 g/mol. The molecule has 8 nitrogen and oxygen atoms in total. The number of hydrogen-bond donors (Lipinski definition) is 1. The van der Waals surface area contributed by atoms with E-state index in [9.17, 15) is 9.59 Å². The molecular weight excluding hydrogens is 420 g/mol. The van der Waals surface area contributed by atoms with E-state index in [1.54, 1.807) is 36.8 Å². The Morgan fingerprint density at radius 2 is 1.45 bits per heavy atom. The van der Waals surface area contributed by atoms with Crippen molar-refractivity contribution in [3.63, 3.8) is 0 Å². The lowest BCUT2D eigenvalue weighted by Crippen LogP contribution is -2.20. The van der Waals surface area contributed by atoms with E-state index in [1.807, 2.05) is 0 Å². The number of nitrogens with one attached hydrogen (secondary N) is 1. The molecular formula is C25H34N4O4. The van der Waals surface area contributed by atoms with Crippen molar-refractivity contribution < 1.29 is 19.1 Å². The molecule has 0 aromatic carbocycles. The van der Waals surface area contributed by atoms with Crippen LogP contribution in [-0.4, -0.2) is 40.1 Å². The highest BCUT2D eigenvalue weighted by molar-refractivity contribution is 6.14. The zero-order chi connectivity index (χ0) is 23.7. The van der Waals surface area contributed by atoms with Gasteiger partial charge in [-0.1, -0.05) is 52.4 Å². The third kappa shape index (κ3) is 9.80. The molecule has 1 N–H and O–H groups in total. The Hall–Kier alpha value is -3.29. The number of carbonyl (C=O) groups is 2. The summed E-state index contributed by atoms with van der Waals surface area (Å²) in [5.74, 6) is -0.489. The molecule has 0 unspecified atom stereocenters. The van der Waals surface area contributed by atoms with E-state index in [0.29, 0.717) is 11.6 Å². The van der Waals surface area contributed by atoms with Gasteiger partial charge in [-0.3, -0.25) is 4.98 Å². The van der Waals surface area contributed by atoms with Crippen LogP contribution in [0.5, 0.6) is 0 Å². The lowest BCUT2D eigenvalue weighted by molar-refractivity contribution is -0.147. The number of hydrogen-bond acceptors (Lipinski definition) is 8. The smallest absolute Gasteiger partial charge is 0.347 e. The highest BCUT2D eigenvalue weighted by Gasteiger charge is 2.21. The summed E-state index contributed by atoms with van der Waals surface area (Å²) >= 11 is 0. The third-order valence-corrected chi connectivity index (χ3v) is 4.86. The molecule has 0 radical (unpaired) electrons. The fraction of sp³-hybridized carbons (Fsp3) is 0.480. The first-order valence-corrected chi connectivity index (χ1v) is 11.7. The molecule has 178 valence electrons. The van der Waals surface area contributed by atoms with Crippen LogP contribution in [0.1, 0.15) is 65.2 Å². The Labute approximate surface area is 195 Å². The average Bonchev–Trinajstić information content (AvgIpc) is 2.84. The molecule has 0 aliphatic heterocycles. The third-order valence-electron chi connectivity index (χ3n) is 4.86. The summed E-state index contributed by atoms with van der Waals surface area (Å²) in [4.78, 5) is 37.9. The van der Waals surface area contributed by atoms with Crippen LogP contribution in [-0.2, 0) is 19.1 Å². The summed E-state index contributed by atoms with van der Waals surface area (Å²) in [6.07, 6.45) is 14.0. The van der Waals surface area contributed by atoms with Gasteiger partial charge in [-0.15, -0.1) is 0 Å². The van der Waals surface area contributed by atoms with Crippen molar-refractivity contribution in [2.24, 2.45) is 0 Å². The molecule has 0 atom stereocenters. The molecule has 0 spiro atoms. The van der Waals surface area contributed by atoms with E-state index in [2.05, 4.69) is 34.1 Å². The SMILES string of the molecule is CCCCCCOC(=O)C(=CNc1ccnc(-c2ccncc2)n1)C(=O)OCCCCCC. The van der Waals surface area contributed by atoms with Gasteiger partial charge in [0, 0.05) is 30.4 Å². The van der Waals surface area contributed by atoms with Gasteiger partial charge in [0.1, 0.15) is 5.82 Å². The summed E-state index contributed by atoms with van der Waals surface area (Å²) in [5, 5.41) is 2.91. The molecule has 0 aliphatic rings. The highest BCUT2D eigenvalue weighted by atomic mass is 16.6. The molecule has 0 bridgehead atoms. The number of anilines is 1. The van der Waals surface area contributed by atoms with Crippen molar-refractivity contribution in [1.29, 1.82) is 0 Å². The monoisotopic (exact) mass is 454 g/mol. The molecule has 2 aromatic rings. The normalized spacial score (nSPS) is 10.4. The van der Waals surface area contributed by atoms with Crippen LogP contribution in [0.15, 0.2) is 48.6 Å². The first-order chi connectivity index (χ1) is 16.2. The molecule has 0 saturated heterocycles. The van der Waals surface area contributed by atoms with Gasteiger partial charge in [0.2, 0.25) is 0 Å². The van der Waals surface area contributed by atoms with Crippen LogP contribution >= 0.6 is 0 Å². The number of unbranched alkanes of at least 4 members (excludes halogenated alkanes) is 6. The van der Waals surface area contributed by atoms with Crippen molar-refractivity contribution in [1.82, 2.24) is 15.0 Å². The van der Waals surface area contributed by atoms with Crippen molar-refractivity contribution in [3.05, 3.63) is 48.6 Å². The van der Waals surface area contributed by atoms with Gasteiger partial charge in [-0.05, 0) is 31.0 Å². The fourth-order valence-corrected chi connectivity index (χ4v) is 2.97. The van der Waals surface area contributed by atoms with Gasteiger partial charge >= 0.3 is 11.9 Å². The van der Waals surface area contributed by atoms with E-state index in [-0.39, 0.29) is 18.8 Å². The number of carbonyl (C=O) groups excluding carboxylic acids is 2. The van der Waals surface area contributed by atoms with Crippen LogP contribution < -0.4 is 5.32 Å². The predicted octanol–water partition coefficient (Wildman–Crippen LogP) is 5.08. The Kier molecular flexibility index (Phi) is 12.2. The topological polar surface area (TPSA) is 103 Å². The lowest BCUT2D eigenvalue weighted by Gasteiger charge is -2.10. The molecule has 8 heteroatoms. The number of rotatable bonds is 15. The van der Waals surface area contributed by atoms with Gasteiger partial charge in [0.15, 0.2) is 11.4 Å². The maximum atomic E-state index is 12.6. The van der Waals surface area contributed by atoms with Crippen molar-refractivity contribution in [2.75, 3.05) is 18.5 Å². The lowest BCUT2D eigenvalue weighted by atomic mass is 10.2. The Morgan fingerprint density at radius 1 is 0.848 bits per heavy atom. The number of nitrogens with zero attached hydrogens (tertiary/aromatic N) is 3. The first-order valence-electron chi connectivity index (χ1n) is 11.7. The van der Waals surface area contributed by atoms with Crippen LogP contribution in [0, 0.1) is 0 Å². The Bertz CT molecular complexity index is 859. The van der Waals surface area contributed by atoms with E-state index >= 15 is 0 Å². The minimum Gasteiger partial charge on any atom is -0.462 e. The van der Waals surface area contributed by atoms with Crippen LogP contribution in [0.3, 0.4) is 0 Å². The second-order valence-corrected chi connectivity index (χ2v) is 7.60. The van der Waals surface area contributed by atoms with Crippen molar-refractivity contribution in [3.8, 4) is 11.4 Å². The quantitative estimate of drug-likeness (QED) is 0.131. The molecule has 33 heavy (non-hydrogen) atoms. The molecule has 0 saturated carbocycles. The summed E-state index contributed by atoms with van der Waals surface area (Å²) in [5.41, 5.74) is 0.612. The summed E-state index contributed by atoms with van der Waals surface area (Å²) in [6, 6.07) is 5.24. The maximum absolute atomic E-state index is 12.6. The fourth-order valence-electron chi connectivity index (χ4n) is 2.97. The van der Waals surface area contributed by atoms with E-state index in [0.717, 1.165) is 56.9 Å². The Morgan fingerprint density at radius 3 is 2.03 bits per heavy atom. The highest BCUT2D eigenvalue weighted by Crippen LogP contribution is 2.15. The van der Waals surface area contributed by atoms with Gasteiger partial charge in [-0.25, -0.2) is 19.6 Å². The largest absolute Gasteiger partial charge is 0.462 e. The zero-order valence-electron chi connectivity index (χ0n) is 19.6. The summed E-state index contributed by atoms with van der Waals surface area (Å²) in [6.45, 7) is 4.75. The van der Waals surface area contributed by atoms with E-state index in [4.69, 9.17) is 9.47 Å².